The summed E-state index contributed by atoms with van der Waals surface area (Å²) in [6.45, 7) is 0.563. The van der Waals surface area contributed by atoms with E-state index in [9.17, 15) is 23.1 Å². The molecule has 0 spiro atoms. The Hall–Kier alpha value is -1.15. The fourth-order valence-electron chi connectivity index (χ4n) is 3.17. The largest absolute Gasteiger partial charge is 0.480 e. The number of sulfonamides is 1. The molecular weight excluding hydrogens is 296 g/mol. The van der Waals surface area contributed by atoms with Crippen molar-refractivity contribution in [1.29, 1.82) is 0 Å². The van der Waals surface area contributed by atoms with Crippen LogP contribution in [0, 0.1) is 5.92 Å². The molecule has 0 aromatic rings. The van der Waals surface area contributed by atoms with E-state index in [1.807, 2.05) is 0 Å². The molecule has 8 heteroatoms. The number of carboxylic acids is 1. The topological polar surface area (TPSA) is 104 Å². The molecule has 2 aliphatic rings. The molecule has 2 fully saturated rings. The number of nitrogens with zero attached hydrogens (tertiary/aromatic N) is 1. The van der Waals surface area contributed by atoms with Gasteiger partial charge in [-0.05, 0) is 25.7 Å². The standard InChI is InChI=1S/C13H22N2O5S/c1-21(19,20)15-8-4-5-10(9-15)11(16)14-13(12(17)18)6-2-3-7-13/h10H,2-9H2,1H3,(H,14,16)(H,17,18)/t10-/m0/s1. The highest BCUT2D eigenvalue weighted by Gasteiger charge is 2.44. The van der Waals surface area contributed by atoms with Gasteiger partial charge < -0.3 is 10.4 Å². The van der Waals surface area contributed by atoms with Crippen molar-refractivity contribution in [2.24, 2.45) is 5.92 Å². The molecule has 2 N–H and O–H groups in total. The average Bonchev–Trinajstić information content (AvgIpc) is 2.88. The van der Waals surface area contributed by atoms with Gasteiger partial charge >= 0.3 is 5.97 Å². The molecule has 1 aliphatic carbocycles. The van der Waals surface area contributed by atoms with Gasteiger partial charge in [0.25, 0.3) is 0 Å². The first kappa shape index (κ1) is 16.2. The lowest BCUT2D eigenvalue weighted by Crippen LogP contribution is -2.56. The van der Waals surface area contributed by atoms with Crippen LogP contribution in [0.25, 0.3) is 0 Å². The lowest BCUT2D eigenvalue weighted by molar-refractivity contribution is -0.148. The molecule has 0 unspecified atom stereocenters. The molecule has 21 heavy (non-hydrogen) atoms. The predicted octanol–water partition coefficient (Wildman–Crippen LogP) is 0.172. The number of hydrogen-bond acceptors (Lipinski definition) is 4. The molecule has 1 amide bonds. The van der Waals surface area contributed by atoms with Gasteiger partial charge in [-0.2, -0.15) is 0 Å². The van der Waals surface area contributed by atoms with Gasteiger partial charge in [0.15, 0.2) is 0 Å². The summed E-state index contributed by atoms with van der Waals surface area (Å²) in [6, 6.07) is 0. The van der Waals surface area contributed by atoms with E-state index in [1.54, 1.807) is 0 Å². The van der Waals surface area contributed by atoms with Crippen LogP contribution in [-0.4, -0.2) is 54.6 Å². The van der Waals surface area contributed by atoms with E-state index >= 15 is 0 Å². The lowest BCUT2D eigenvalue weighted by atomic mass is 9.93. The molecule has 0 radical (unpaired) electrons. The summed E-state index contributed by atoms with van der Waals surface area (Å²) in [4.78, 5) is 23.8. The lowest BCUT2D eigenvalue weighted by Gasteiger charge is -2.33. The van der Waals surface area contributed by atoms with Crippen LogP contribution in [0.2, 0.25) is 0 Å². The molecule has 1 saturated carbocycles. The highest BCUT2D eigenvalue weighted by molar-refractivity contribution is 7.88. The third-order valence-corrected chi connectivity index (χ3v) is 5.72. The summed E-state index contributed by atoms with van der Waals surface area (Å²) >= 11 is 0. The quantitative estimate of drug-likeness (QED) is 0.769. The van der Waals surface area contributed by atoms with E-state index in [-0.39, 0.29) is 12.5 Å². The van der Waals surface area contributed by atoms with Crippen LogP contribution in [-0.2, 0) is 19.6 Å². The molecular formula is C13H22N2O5S. The van der Waals surface area contributed by atoms with Crippen LogP contribution in [0.5, 0.6) is 0 Å². The maximum absolute atomic E-state index is 12.3. The van der Waals surface area contributed by atoms with Crippen molar-refractivity contribution >= 4 is 21.9 Å². The Bertz CT molecular complexity index is 525. The van der Waals surface area contributed by atoms with Crippen molar-refractivity contribution in [3.8, 4) is 0 Å². The highest BCUT2D eigenvalue weighted by Crippen LogP contribution is 2.31. The second kappa shape index (κ2) is 5.92. The van der Waals surface area contributed by atoms with Gasteiger partial charge in [-0.25, -0.2) is 17.5 Å². The van der Waals surface area contributed by atoms with E-state index in [1.165, 1.54) is 4.31 Å². The van der Waals surface area contributed by atoms with Crippen LogP contribution < -0.4 is 5.32 Å². The van der Waals surface area contributed by atoms with Gasteiger partial charge in [-0.15, -0.1) is 0 Å². The number of aliphatic carboxylic acids is 1. The van der Waals surface area contributed by atoms with Crippen molar-refractivity contribution in [2.45, 2.75) is 44.1 Å². The Morgan fingerprint density at radius 2 is 1.86 bits per heavy atom. The summed E-state index contributed by atoms with van der Waals surface area (Å²) in [5.41, 5.74) is -1.16. The Morgan fingerprint density at radius 3 is 2.38 bits per heavy atom. The maximum atomic E-state index is 12.3. The molecule has 0 aromatic heterocycles. The van der Waals surface area contributed by atoms with Gasteiger partial charge in [-0.1, -0.05) is 12.8 Å². The van der Waals surface area contributed by atoms with Crippen molar-refractivity contribution in [2.75, 3.05) is 19.3 Å². The smallest absolute Gasteiger partial charge is 0.329 e. The van der Waals surface area contributed by atoms with Crippen LogP contribution in [0.15, 0.2) is 0 Å². The third kappa shape index (κ3) is 3.55. The third-order valence-electron chi connectivity index (χ3n) is 4.45. The van der Waals surface area contributed by atoms with Gasteiger partial charge in [0.2, 0.25) is 15.9 Å². The van der Waals surface area contributed by atoms with Gasteiger partial charge in [0, 0.05) is 13.1 Å². The maximum Gasteiger partial charge on any atom is 0.329 e. The SMILES string of the molecule is CS(=O)(=O)N1CCC[C@H](C(=O)NC2(C(=O)O)CCCC2)C1. The number of carbonyl (C=O) groups excluding carboxylic acids is 1. The first-order valence-corrected chi connectivity index (χ1v) is 9.10. The van der Waals surface area contributed by atoms with E-state index < -0.39 is 27.4 Å². The molecule has 0 aromatic carbocycles. The van der Waals surface area contributed by atoms with Crippen molar-refractivity contribution in [3.05, 3.63) is 0 Å². The summed E-state index contributed by atoms with van der Waals surface area (Å²) in [7, 11) is -3.31. The molecule has 1 heterocycles. The average molecular weight is 318 g/mol. The fraction of sp³-hybridized carbons (Fsp3) is 0.846. The molecule has 1 aliphatic heterocycles. The van der Waals surface area contributed by atoms with E-state index in [0.717, 1.165) is 19.1 Å². The molecule has 1 atom stereocenters. The zero-order chi connectivity index (χ0) is 15.7. The van der Waals surface area contributed by atoms with Crippen molar-refractivity contribution in [3.63, 3.8) is 0 Å². The minimum Gasteiger partial charge on any atom is -0.480 e. The fourth-order valence-corrected chi connectivity index (χ4v) is 4.08. The van der Waals surface area contributed by atoms with Gasteiger partial charge in [0.05, 0.1) is 12.2 Å². The minimum absolute atomic E-state index is 0.139. The first-order valence-electron chi connectivity index (χ1n) is 7.25. The molecule has 2 rings (SSSR count). The van der Waals surface area contributed by atoms with Gasteiger partial charge in [0.1, 0.15) is 5.54 Å². The van der Waals surface area contributed by atoms with Crippen LogP contribution in [0.1, 0.15) is 38.5 Å². The Morgan fingerprint density at radius 1 is 1.24 bits per heavy atom. The second-order valence-electron chi connectivity index (χ2n) is 6.04. The monoisotopic (exact) mass is 318 g/mol. The zero-order valence-corrected chi connectivity index (χ0v) is 13.0. The Balaban J connectivity index is 2.04. The number of nitrogens with one attached hydrogen (secondary N) is 1. The summed E-state index contributed by atoms with van der Waals surface area (Å²) in [6.07, 6.45) is 4.79. The highest BCUT2D eigenvalue weighted by atomic mass is 32.2. The predicted molar refractivity (Wildman–Crippen MR) is 76.1 cm³/mol. The second-order valence-corrected chi connectivity index (χ2v) is 8.03. The van der Waals surface area contributed by atoms with Crippen molar-refractivity contribution < 1.29 is 23.1 Å². The number of carboxylic acid groups (broad SMARTS) is 1. The van der Waals surface area contributed by atoms with Crippen LogP contribution in [0.4, 0.5) is 0 Å². The number of piperidine rings is 1. The molecule has 0 bridgehead atoms. The van der Waals surface area contributed by atoms with Crippen molar-refractivity contribution in [1.82, 2.24) is 9.62 Å². The summed E-state index contributed by atoms with van der Waals surface area (Å²) < 4.78 is 24.4. The number of rotatable bonds is 4. The van der Waals surface area contributed by atoms with E-state index in [0.29, 0.717) is 32.2 Å². The number of hydrogen-bond donors (Lipinski definition) is 2. The zero-order valence-electron chi connectivity index (χ0n) is 12.2. The van der Waals surface area contributed by atoms with Crippen LogP contribution >= 0.6 is 0 Å². The molecule has 1 saturated heterocycles. The molecule has 7 nitrogen and oxygen atoms in total. The Labute approximate surface area is 124 Å². The van der Waals surface area contributed by atoms with E-state index in [2.05, 4.69) is 5.32 Å². The normalized spacial score (nSPS) is 26.4. The Kier molecular flexibility index (Phi) is 4.57. The minimum atomic E-state index is -3.31. The summed E-state index contributed by atoms with van der Waals surface area (Å²) in [5.74, 6) is -1.80. The summed E-state index contributed by atoms with van der Waals surface area (Å²) in [5, 5.41) is 12.0. The molecule has 120 valence electrons. The first-order chi connectivity index (χ1) is 9.74. The number of amides is 1. The van der Waals surface area contributed by atoms with Gasteiger partial charge in [-0.3, -0.25) is 4.79 Å². The number of carbonyl (C=O) groups is 2. The van der Waals surface area contributed by atoms with Crippen LogP contribution in [0.3, 0.4) is 0 Å². The van der Waals surface area contributed by atoms with E-state index in [4.69, 9.17) is 0 Å².